The fraction of sp³-hybridized carbons (Fsp3) is 0.394. The number of nitrogens with zero attached hydrogens (tertiary/aromatic N) is 2. The third-order valence-corrected chi connectivity index (χ3v) is 10.2. The number of carbonyl (C=O) groups excluding carboxylic acids is 2. The molecule has 3 aromatic rings. The number of carbonyl (C=O) groups is 2. The number of sulfonamides is 1. The minimum Gasteiger partial charge on any atom is -0.352 e. The van der Waals surface area contributed by atoms with Crippen molar-refractivity contribution in [2.24, 2.45) is 0 Å². The maximum atomic E-state index is 14.3. The first-order valence-corrected chi connectivity index (χ1v) is 16.4. The number of rotatable bonds is 11. The molecule has 0 saturated heterocycles. The van der Waals surface area contributed by atoms with E-state index in [-0.39, 0.29) is 29.1 Å². The van der Waals surface area contributed by atoms with Crippen molar-refractivity contribution < 1.29 is 18.0 Å². The molecule has 0 aromatic heterocycles. The molecule has 7 nitrogen and oxygen atoms in total. The van der Waals surface area contributed by atoms with Gasteiger partial charge in [0.1, 0.15) is 12.6 Å². The molecule has 0 spiro atoms. The minimum atomic E-state index is -4.14. The second-order valence-corrected chi connectivity index (χ2v) is 13.2. The van der Waals surface area contributed by atoms with E-state index in [0.29, 0.717) is 11.4 Å². The standard InChI is InChI=1S/C33H40ClN3O4S/c1-4-31(33(39)35-27-15-7-5-8-16-27)36(22-26-14-12-11-13-24(26)2)32(38)23-37(28-20-19-25(3)30(34)21-28)42(40,41)29-17-9-6-10-18-29/h6,9-14,17-21,27,31H,4-5,7-8,15-16,22-23H2,1-3H3,(H,35,39). The number of nitrogens with one attached hydrogen (secondary N) is 1. The van der Waals surface area contributed by atoms with Crippen LogP contribution in [0.15, 0.2) is 77.7 Å². The minimum absolute atomic E-state index is 0.0574. The number of halogens is 1. The Labute approximate surface area is 254 Å². The molecule has 0 bridgehead atoms. The van der Waals surface area contributed by atoms with Crippen molar-refractivity contribution in [3.05, 3.63) is 94.5 Å². The number of benzene rings is 3. The molecule has 9 heteroatoms. The maximum absolute atomic E-state index is 14.3. The Hall–Kier alpha value is -3.36. The van der Waals surface area contributed by atoms with Gasteiger partial charge in [-0.15, -0.1) is 0 Å². The third-order valence-electron chi connectivity index (χ3n) is 7.99. The Balaban J connectivity index is 1.72. The highest BCUT2D eigenvalue weighted by molar-refractivity contribution is 7.92. The Morgan fingerprint density at radius 1 is 0.929 bits per heavy atom. The monoisotopic (exact) mass is 609 g/mol. The van der Waals surface area contributed by atoms with Crippen LogP contribution in [-0.4, -0.2) is 43.8 Å². The van der Waals surface area contributed by atoms with Gasteiger partial charge in [-0.1, -0.05) is 86.3 Å². The molecule has 0 aliphatic heterocycles. The topological polar surface area (TPSA) is 86.8 Å². The highest BCUT2D eigenvalue weighted by Gasteiger charge is 2.34. The SMILES string of the molecule is CCC(C(=O)NC1CCCCC1)N(Cc1ccccc1C)C(=O)CN(c1ccc(C)c(Cl)c1)S(=O)(=O)c1ccccc1. The van der Waals surface area contributed by atoms with E-state index < -0.39 is 28.5 Å². The summed E-state index contributed by atoms with van der Waals surface area (Å²) in [5.74, 6) is -0.678. The van der Waals surface area contributed by atoms with Crippen LogP contribution in [0.4, 0.5) is 5.69 Å². The highest BCUT2D eigenvalue weighted by atomic mass is 35.5. The molecule has 42 heavy (non-hydrogen) atoms. The lowest BCUT2D eigenvalue weighted by molar-refractivity contribution is -0.140. The van der Waals surface area contributed by atoms with E-state index in [1.165, 1.54) is 17.0 Å². The van der Waals surface area contributed by atoms with Crippen LogP contribution in [0.1, 0.15) is 62.1 Å². The summed E-state index contributed by atoms with van der Waals surface area (Å²) in [6.45, 7) is 5.35. The van der Waals surface area contributed by atoms with Crippen molar-refractivity contribution in [3.8, 4) is 0 Å². The van der Waals surface area contributed by atoms with Gasteiger partial charge in [-0.25, -0.2) is 8.42 Å². The number of amides is 2. The van der Waals surface area contributed by atoms with Gasteiger partial charge in [0.2, 0.25) is 11.8 Å². The average molecular weight is 610 g/mol. The summed E-state index contributed by atoms with van der Waals surface area (Å²) >= 11 is 6.42. The quantitative estimate of drug-likeness (QED) is 0.272. The molecule has 1 aliphatic rings. The predicted molar refractivity (Wildman–Crippen MR) is 168 cm³/mol. The molecular formula is C33H40ClN3O4S. The van der Waals surface area contributed by atoms with Crippen LogP contribution in [0.2, 0.25) is 5.02 Å². The summed E-state index contributed by atoms with van der Waals surface area (Å²) in [7, 11) is -4.14. The van der Waals surface area contributed by atoms with Gasteiger partial charge in [0.15, 0.2) is 0 Å². The number of hydrogen-bond donors (Lipinski definition) is 1. The third kappa shape index (κ3) is 7.53. The molecule has 1 saturated carbocycles. The van der Waals surface area contributed by atoms with E-state index in [9.17, 15) is 18.0 Å². The lowest BCUT2D eigenvalue weighted by Crippen LogP contribution is -2.54. The fourth-order valence-corrected chi connectivity index (χ4v) is 7.02. The molecule has 1 fully saturated rings. The van der Waals surface area contributed by atoms with Gasteiger partial charge in [-0.2, -0.15) is 0 Å². The van der Waals surface area contributed by atoms with Crippen molar-refractivity contribution in [2.75, 3.05) is 10.8 Å². The van der Waals surface area contributed by atoms with E-state index in [4.69, 9.17) is 11.6 Å². The summed E-state index contributed by atoms with van der Waals surface area (Å²) in [5.41, 5.74) is 2.94. The summed E-state index contributed by atoms with van der Waals surface area (Å²) in [6.07, 6.45) is 5.53. The van der Waals surface area contributed by atoms with E-state index in [2.05, 4.69) is 5.32 Å². The molecule has 2 amide bonds. The van der Waals surface area contributed by atoms with Crippen molar-refractivity contribution in [1.82, 2.24) is 10.2 Å². The van der Waals surface area contributed by atoms with Crippen LogP contribution in [-0.2, 0) is 26.2 Å². The van der Waals surface area contributed by atoms with Crippen molar-refractivity contribution in [1.29, 1.82) is 0 Å². The molecule has 1 aliphatic carbocycles. The molecular weight excluding hydrogens is 570 g/mol. The number of aryl methyl sites for hydroxylation is 2. The molecule has 0 heterocycles. The number of hydrogen-bond acceptors (Lipinski definition) is 4. The first kappa shape index (κ1) is 31.6. The molecule has 1 N–H and O–H groups in total. The largest absolute Gasteiger partial charge is 0.352 e. The van der Waals surface area contributed by atoms with Crippen LogP contribution >= 0.6 is 11.6 Å². The lowest BCUT2D eigenvalue weighted by atomic mass is 9.95. The number of anilines is 1. The zero-order chi connectivity index (χ0) is 30.3. The van der Waals surface area contributed by atoms with Gasteiger partial charge in [-0.05, 0) is 74.1 Å². The maximum Gasteiger partial charge on any atom is 0.264 e. The van der Waals surface area contributed by atoms with Crippen LogP contribution < -0.4 is 9.62 Å². The Bertz CT molecular complexity index is 1490. The first-order valence-electron chi connectivity index (χ1n) is 14.6. The molecule has 0 radical (unpaired) electrons. The highest BCUT2D eigenvalue weighted by Crippen LogP contribution is 2.29. The van der Waals surface area contributed by atoms with E-state index in [1.54, 1.807) is 36.4 Å². The lowest BCUT2D eigenvalue weighted by Gasteiger charge is -2.34. The molecule has 1 unspecified atom stereocenters. The average Bonchev–Trinajstić information content (AvgIpc) is 2.99. The first-order chi connectivity index (χ1) is 20.1. The van der Waals surface area contributed by atoms with Crippen molar-refractivity contribution in [2.45, 2.75) is 82.8 Å². The van der Waals surface area contributed by atoms with Gasteiger partial charge in [0.25, 0.3) is 10.0 Å². The van der Waals surface area contributed by atoms with Crippen LogP contribution in [0.5, 0.6) is 0 Å². The molecule has 224 valence electrons. The van der Waals surface area contributed by atoms with E-state index >= 15 is 0 Å². The van der Waals surface area contributed by atoms with Gasteiger partial charge >= 0.3 is 0 Å². The molecule has 4 rings (SSSR count). The fourth-order valence-electron chi connectivity index (χ4n) is 5.42. The summed E-state index contributed by atoms with van der Waals surface area (Å²) < 4.78 is 29.0. The van der Waals surface area contributed by atoms with E-state index in [0.717, 1.165) is 53.1 Å². The predicted octanol–water partition coefficient (Wildman–Crippen LogP) is 6.41. The second-order valence-electron chi connectivity index (χ2n) is 11.0. The van der Waals surface area contributed by atoms with Gasteiger partial charge in [-0.3, -0.25) is 13.9 Å². The smallest absolute Gasteiger partial charge is 0.264 e. The van der Waals surface area contributed by atoms with E-state index in [1.807, 2.05) is 45.0 Å². The summed E-state index contributed by atoms with van der Waals surface area (Å²) in [5, 5.41) is 3.57. The van der Waals surface area contributed by atoms with Gasteiger partial charge < -0.3 is 10.2 Å². The normalized spacial score (nSPS) is 14.7. The second kappa shape index (κ2) is 14.2. The van der Waals surface area contributed by atoms with Crippen LogP contribution in [0.3, 0.4) is 0 Å². The Morgan fingerprint density at radius 3 is 2.24 bits per heavy atom. The van der Waals surface area contributed by atoms with Crippen LogP contribution in [0, 0.1) is 13.8 Å². The Morgan fingerprint density at radius 2 is 1.60 bits per heavy atom. The zero-order valence-corrected chi connectivity index (χ0v) is 26.1. The zero-order valence-electron chi connectivity index (χ0n) is 24.6. The molecule has 1 atom stereocenters. The molecule has 3 aromatic carbocycles. The van der Waals surface area contributed by atoms with Crippen molar-refractivity contribution >= 4 is 39.1 Å². The van der Waals surface area contributed by atoms with Crippen molar-refractivity contribution in [3.63, 3.8) is 0 Å². The Kier molecular flexibility index (Phi) is 10.7. The summed E-state index contributed by atoms with van der Waals surface area (Å²) in [6, 6.07) is 20.0. The van der Waals surface area contributed by atoms with Crippen LogP contribution in [0.25, 0.3) is 0 Å². The van der Waals surface area contributed by atoms with Gasteiger partial charge in [0, 0.05) is 17.6 Å². The summed E-state index contributed by atoms with van der Waals surface area (Å²) in [4.78, 5) is 29.5. The van der Waals surface area contributed by atoms with Gasteiger partial charge in [0.05, 0.1) is 10.6 Å².